The Balaban J connectivity index is 2.36. The highest BCUT2D eigenvalue weighted by Gasteiger charge is 2.35. The van der Waals surface area contributed by atoms with Crippen molar-refractivity contribution in [3.63, 3.8) is 0 Å². The molecular formula is C17H27N. The van der Waals surface area contributed by atoms with E-state index in [0.29, 0.717) is 5.41 Å². The first-order valence-corrected chi connectivity index (χ1v) is 7.27. The quantitative estimate of drug-likeness (QED) is 0.810. The molecule has 100 valence electrons. The zero-order valence-electron chi connectivity index (χ0n) is 12.3. The second kappa shape index (κ2) is 5.05. The molecule has 0 saturated heterocycles. The van der Waals surface area contributed by atoms with Crippen LogP contribution < -0.4 is 5.73 Å². The Morgan fingerprint density at radius 2 is 1.50 bits per heavy atom. The lowest BCUT2D eigenvalue weighted by molar-refractivity contribution is 0.169. The van der Waals surface area contributed by atoms with Gasteiger partial charge < -0.3 is 5.73 Å². The maximum atomic E-state index is 6.66. The molecule has 1 unspecified atom stereocenters. The largest absolute Gasteiger partial charge is 0.323 e. The van der Waals surface area contributed by atoms with E-state index in [2.05, 4.69) is 39.8 Å². The van der Waals surface area contributed by atoms with Crippen LogP contribution in [0.15, 0.2) is 12.1 Å². The standard InChI is InChI=1S/C17H27N/c1-12-10-13(2)15(14(3)11-12)16(18)17(4)8-6-5-7-9-17/h10-11,16H,5-9,18H2,1-4H3. The average Bonchev–Trinajstić information content (AvgIpc) is 2.28. The molecule has 1 aliphatic carbocycles. The second-order valence-corrected chi connectivity index (χ2v) is 6.50. The van der Waals surface area contributed by atoms with Gasteiger partial charge in [-0.25, -0.2) is 0 Å². The van der Waals surface area contributed by atoms with Gasteiger partial charge in [0.05, 0.1) is 0 Å². The van der Waals surface area contributed by atoms with E-state index in [0.717, 1.165) is 0 Å². The van der Waals surface area contributed by atoms with E-state index in [1.165, 1.54) is 54.4 Å². The minimum Gasteiger partial charge on any atom is -0.323 e. The molecular weight excluding hydrogens is 218 g/mol. The van der Waals surface area contributed by atoms with Crippen molar-refractivity contribution in [2.24, 2.45) is 11.1 Å². The summed E-state index contributed by atoms with van der Waals surface area (Å²) in [6.07, 6.45) is 6.62. The van der Waals surface area contributed by atoms with Gasteiger partial charge in [-0.3, -0.25) is 0 Å². The molecule has 18 heavy (non-hydrogen) atoms. The zero-order valence-corrected chi connectivity index (χ0v) is 12.3. The fourth-order valence-electron chi connectivity index (χ4n) is 3.70. The first kappa shape index (κ1) is 13.6. The maximum absolute atomic E-state index is 6.66. The predicted octanol–water partition coefficient (Wildman–Crippen LogP) is 4.58. The molecule has 1 nitrogen and oxygen atoms in total. The van der Waals surface area contributed by atoms with Crippen LogP contribution >= 0.6 is 0 Å². The van der Waals surface area contributed by atoms with Crippen LogP contribution in [-0.4, -0.2) is 0 Å². The molecule has 0 spiro atoms. The highest BCUT2D eigenvalue weighted by atomic mass is 14.7. The van der Waals surface area contributed by atoms with E-state index in [9.17, 15) is 0 Å². The van der Waals surface area contributed by atoms with Crippen molar-refractivity contribution in [1.29, 1.82) is 0 Å². The van der Waals surface area contributed by atoms with Gasteiger partial charge in [-0.05, 0) is 55.7 Å². The summed E-state index contributed by atoms with van der Waals surface area (Å²) < 4.78 is 0. The molecule has 1 heteroatoms. The molecule has 2 rings (SSSR count). The van der Waals surface area contributed by atoms with Gasteiger partial charge in [0, 0.05) is 6.04 Å². The Kier molecular flexibility index (Phi) is 3.82. The Morgan fingerprint density at radius 3 is 2.00 bits per heavy atom. The van der Waals surface area contributed by atoms with Crippen molar-refractivity contribution in [2.45, 2.75) is 65.8 Å². The fraction of sp³-hybridized carbons (Fsp3) is 0.647. The fourth-order valence-corrected chi connectivity index (χ4v) is 3.70. The number of hydrogen-bond donors (Lipinski definition) is 1. The van der Waals surface area contributed by atoms with E-state index < -0.39 is 0 Å². The van der Waals surface area contributed by atoms with Crippen molar-refractivity contribution in [1.82, 2.24) is 0 Å². The van der Waals surface area contributed by atoms with Gasteiger partial charge >= 0.3 is 0 Å². The highest BCUT2D eigenvalue weighted by molar-refractivity contribution is 5.40. The van der Waals surface area contributed by atoms with Crippen LogP contribution in [0.1, 0.15) is 67.3 Å². The molecule has 0 radical (unpaired) electrons. The van der Waals surface area contributed by atoms with E-state index >= 15 is 0 Å². The molecule has 0 aliphatic heterocycles. The topological polar surface area (TPSA) is 26.0 Å². The third-order valence-corrected chi connectivity index (χ3v) is 4.80. The highest BCUT2D eigenvalue weighted by Crippen LogP contribution is 2.45. The van der Waals surface area contributed by atoms with Crippen molar-refractivity contribution < 1.29 is 0 Å². The van der Waals surface area contributed by atoms with Crippen molar-refractivity contribution >= 4 is 0 Å². The molecule has 1 aromatic rings. The summed E-state index contributed by atoms with van der Waals surface area (Å²) >= 11 is 0. The number of benzene rings is 1. The van der Waals surface area contributed by atoms with Crippen LogP contribution in [0.2, 0.25) is 0 Å². The van der Waals surface area contributed by atoms with E-state index in [1.807, 2.05) is 0 Å². The van der Waals surface area contributed by atoms with Gasteiger partial charge in [-0.15, -0.1) is 0 Å². The third-order valence-electron chi connectivity index (χ3n) is 4.80. The van der Waals surface area contributed by atoms with Gasteiger partial charge in [0.1, 0.15) is 0 Å². The summed E-state index contributed by atoms with van der Waals surface area (Å²) in [4.78, 5) is 0. The molecule has 1 saturated carbocycles. The molecule has 1 aliphatic rings. The zero-order chi connectivity index (χ0) is 13.3. The second-order valence-electron chi connectivity index (χ2n) is 6.50. The van der Waals surface area contributed by atoms with E-state index in [4.69, 9.17) is 5.73 Å². The normalized spacial score (nSPS) is 20.7. The number of rotatable bonds is 2. The first-order valence-electron chi connectivity index (χ1n) is 7.27. The SMILES string of the molecule is Cc1cc(C)c(C(N)C2(C)CCCCC2)c(C)c1. The monoisotopic (exact) mass is 245 g/mol. The Labute approximate surface area is 112 Å². The van der Waals surface area contributed by atoms with Crippen molar-refractivity contribution in [3.05, 3.63) is 34.4 Å². The summed E-state index contributed by atoms with van der Waals surface area (Å²) in [5.41, 5.74) is 12.4. The van der Waals surface area contributed by atoms with Gasteiger partial charge in [0.15, 0.2) is 0 Å². The molecule has 0 amide bonds. The van der Waals surface area contributed by atoms with Gasteiger partial charge in [0.25, 0.3) is 0 Å². The molecule has 1 atom stereocenters. The Hall–Kier alpha value is -0.820. The smallest absolute Gasteiger partial charge is 0.0354 e. The van der Waals surface area contributed by atoms with Crippen LogP contribution in [0, 0.1) is 26.2 Å². The first-order chi connectivity index (χ1) is 8.44. The summed E-state index contributed by atoms with van der Waals surface area (Å²) in [6, 6.07) is 4.74. The van der Waals surface area contributed by atoms with Crippen LogP contribution in [-0.2, 0) is 0 Å². The molecule has 1 aromatic carbocycles. The summed E-state index contributed by atoms with van der Waals surface area (Å²) in [6.45, 7) is 8.97. The van der Waals surface area contributed by atoms with Crippen molar-refractivity contribution in [2.75, 3.05) is 0 Å². The lowest BCUT2D eigenvalue weighted by atomic mass is 9.68. The number of hydrogen-bond acceptors (Lipinski definition) is 1. The number of aryl methyl sites for hydroxylation is 3. The van der Waals surface area contributed by atoms with Crippen LogP contribution in [0.3, 0.4) is 0 Å². The summed E-state index contributed by atoms with van der Waals surface area (Å²) in [5, 5.41) is 0. The van der Waals surface area contributed by atoms with Crippen molar-refractivity contribution in [3.8, 4) is 0 Å². The predicted molar refractivity (Wildman–Crippen MR) is 78.8 cm³/mol. The molecule has 0 heterocycles. The number of nitrogens with two attached hydrogens (primary N) is 1. The van der Waals surface area contributed by atoms with Crippen LogP contribution in [0.5, 0.6) is 0 Å². The van der Waals surface area contributed by atoms with Crippen LogP contribution in [0.4, 0.5) is 0 Å². The molecule has 1 fully saturated rings. The third kappa shape index (κ3) is 2.47. The summed E-state index contributed by atoms with van der Waals surface area (Å²) in [7, 11) is 0. The van der Waals surface area contributed by atoms with Gasteiger partial charge in [-0.1, -0.05) is 43.9 Å². The molecule has 0 aromatic heterocycles. The molecule has 0 bridgehead atoms. The average molecular weight is 245 g/mol. The lowest BCUT2D eigenvalue weighted by Gasteiger charge is -2.40. The Morgan fingerprint density at radius 1 is 1.00 bits per heavy atom. The van der Waals surface area contributed by atoms with Crippen LogP contribution in [0.25, 0.3) is 0 Å². The molecule has 2 N–H and O–H groups in total. The van der Waals surface area contributed by atoms with E-state index in [-0.39, 0.29) is 6.04 Å². The summed E-state index contributed by atoms with van der Waals surface area (Å²) in [5.74, 6) is 0. The van der Waals surface area contributed by atoms with Gasteiger partial charge in [-0.2, -0.15) is 0 Å². The minimum atomic E-state index is 0.193. The maximum Gasteiger partial charge on any atom is 0.0354 e. The minimum absolute atomic E-state index is 0.193. The van der Waals surface area contributed by atoms with E-state index in [1.54, 1.807) is 0 Å². The Bertz CT molecular complexity index is 404. The lowest BCUT2D eigenvalue weighted by Crippen LogP contribution is -2.34. The van der Waals surface area contributed by atoms with Gasteiger partial charge in [0.2, 0.25) is 0 Å².